The maximum atomic E-state index is 14.2. The molecule has 6 nitrogen and oxygen atoms in total. The number of carbonyl (C=O) groups is 3. The summed E-state index contributed by atoms with van der Waals surface area (Å²) in [6.07, 6.45) is 9.50. The van der Waals surface area contributed by atoms with Crippen molar-refractivity contribution in [2.75, 3.05) is 19.6 Å². The molecule has 1 saturated carbocycles. The fraction of sp³-hybridized carbons (Fsp3) is 0.708. The summed E-state index contributed by atoms with van der Waals surface area (Å²) in [5, 5.41) is 0. The zero-order chi connectivity index (χ0) is 29.6. The van der Waals surface area contributed by atoms with Gasteiger partial charge < -0.3 is 9.42 Å². The van der Waals surface area contributed by atoms with Crippen molar-refractivity contribution >= 4 is 100 Å². The lowest BCUT2D eigenvalue weighted by molar-refractivity contribution is -0.145. The number of ketones is 1. The summed E-state index contributed by atoms with van der Waals surface area (Å²) in [6.45, 7) is 11.6. The molecule has 0 spiro atoms. The number of nitrogens with zero attached hydrogens (tertiary/aromatic N) is 2. The monoisotopic (exact) mass is 736 g/mol. The van der Waals surface area contributed by atoms with E-state index in [4.69, 9.17) is 4.52 Å². The Morgan fingerprint density at radius 3 is 2.40 bits per heavy atom. The van der Waals surface area contributed by atoms with Gasteiger partial charge in [-0.15, -0.1) is 31.0 Å². The van der Waals surface area contributed by atoms with Gasteiger partial charge in [-0.1, -0.05) is 66.7 Å². The van der Waals surface area contributed by atoms with Crippen LogP contribution in [0, 0.1) is 29.1 Å². The third-order valence-electron chi connectivity index (χ3n) is 8.47. The number of hydrogen-bond donors (Lipinski definition) is 0. The number of fused-ring (bicyclic) bond motifs is 1. The lowest BCUT2D eigenvalue weighted by Gasteiger charge is -2.32. The lowest BCUT2D eigenvalue weighted by atomic mass is 9.86. The minimum Gasteiger partial charge on any atom is -0.435 e. The Balaban J connectivity index is 1.79. The summed E-state index contributed by atoms with van der Waals surface area (Å²) in [5.41, 5.74) is -0.832. The number of allylic oxidation sites excluding steroid dienone is 2. The van der Waals surface area contributed by atoms with Gasteiger partial charge in [0.1, 0.15) is 7.53 Å². The Labute approximate surface area is 259 Å². The molecule has 0 radical (unpaired) electrons. The second kappa shape index (κ2) is 17.3. The molecule has 3 fully saturated rings. The smallest absolute Gasteiger partial charge is 0.316 e. The number of amides is 1. The van der Waals surface area contributed by atoms with Crippen LogP contribution in [-0.4, -0.2) is 52.9 Å². The molecule has 10 unspecified atom stereocenters. The summed E-state index contributed by atoms with van der Waals surface area (Å²) >= 11 is 0. The Morgan fingerprint density at radius 2 is 1.82 bits per heavy atom. The third-order valence-corrected chi connectivity index (χ3v) is 37.2. The van der Waals surface area contributed by atoms with Crippen molar-refractivity contribution in [2.24, 2.45) is 29.1 Å². The maximum Gasteiger partial charge on any atom is 0.316 e. The number of hydrogen-bond acceptors (Lipinski definition) is 5. The first kappa shape index (κ1) is 36.8. The number of unbranched alkanes of at least 4 members (excludes halogenated alkanes) is 3. The van der Waals surface area contributed by atoms with Crippen molar-refractivity contribution in [1.29, 1.82) is 0 Å². The largest absolute Gasteiger partial charge is 0.435 e. The van der Waals surface area contributed by atoms with E-state index in [0.29, 0.717) is 26.8 Å². The highest BCUT2D eigenvalue weighted by atomic mass is 32.9. The molecule has 16 heteroatoms. The molecule has 0 N–H and O–H groups in total. The fourth-order valence-corrected chi connectivity index (χ4v) is 28.9. The van der Waals surface area contributed by atoms with E-state index in [1.807, 2.05) is 17.9 Å². The molecule has 1 aliphatic carbocycles. The van der Waals surface area contributed by atoms with Crippen molar-refractivity contribution < 1.29 is 18.9 Å². The van der Waals surface area contributed by atoms with Gasteiger partial charge in [-0.2, -0.15) is 0 Å². The molecule has 40 heavy (non-hydrogen) atoms. The molecule has 15 atom stereocenters. The normalized spacial score (nSPS) is 30.6. The highest BCUT2D eigenvalue weighted by Gasteiger charge is 2.63. The standard InChI is InChI=1S/C24H46N2O4P10/c1-4-6-7-8-9-10-16(3)22(28)26-14-17-13-25(38(33)36-31)15-19(17)21(26)20(27)12-24(11-18(24)5-2)23(29)30-39(37-32)40(34)35/h4-5,16-19,21,36-37H,1-2,6-15,31-35H2,3H3/t16-,17-,18?,19-,21-,24+,38?,39?/m0/s1. The average molecular weight is 736 g/mol. The van der Waals surface area contributed by atoms with Gasteiger partial charge in [0.25, 0.3) is 0 Å². The SMILES string of the molecule is C=CCCCCC[C@H](C)C(=O)N1C[C@@H]2CN(P(P)PP)C[C@@H]2[C@H]1C(=O)C[C@]1(C(=O)OP(PP)P(P)P)CC1C=C. The quantitative estimate of drug-likeness (QED) is 0.0852. The first-order valence-electron chi connectivity index (χ1n) is 13.6. The van der Waals surface area contributed by atoms with E-state index in [9.17, 15) is 14.4 Å². The Bertz CT molecular complexity index is 945. The van der Waals surface area contributed by atoms with Crippen LogP contribution in [-0.2, 0) is 18.9 Å². The molecular formula is C24H46N2O4P10. The van der Waals surface area contributed by atoms with Gasteiger partial charge in [0.15, 0.2) is 5.78 Å². The summed E-state index contributed by atoms with van der Waals surface area (Å²) in [4.78, 5) is 43.5. The molecule has 2 heterocycles. The van der Waals surface area contributed by atoms with E-state index in [0.717, 1.165) is 53.2 Å². The second-order valence-electron chi connectivity index (χ2n) is 11.0. The van der Waals surface area contributed by atoms with Crippen LogP contribution in [0.2, 0.25) is 0 Å². The molecule has 0 aromatic carbocycles. The molecule has 2 saturated heterocycles. The summed E-state index contributed by atoms with van der Waals surface area (Å²) in [6, 6.07) is -0.464. The molecule has 3 rings (SSSR count). The van der Waals surface area contributed by atoms with Crippen LogP contribution in [0.4, 0.5) is 0 Å². The van der Waals surface area contributed by atoms with Crippen LogP contribution in [0.5, 0.6) is 0 Å². The molecule has 1 amide bonds. The highest BCUT2D eigenvalue weighted by Crippen LogP contribution is 2.89. The van der Waals surface area contributed by atoms with Crippen LogP contribution < -0.4 is 0 Å². The number of rotatable bonds is 17. The summed E-state index contributed by atoms with van der Waals surface area (Å²) in [5.74, 6) is 0.122. The van der Waals surface area contributed by atoms with Crippen LogP contribution in [0.3, 0.4) is 0 Å². The second-order valence-corrected chi connectivity index (χ2v) is 37.4. The maximum absolute atomic E-state index is 14.2. The predicted octanol–water partition coefficient (Wildman–Crippen LogP) is 8.54. The van der Waals surface area contributed by atoms with E-state index in [2.05, 4.69) is 62.5 Å². The molecular weight excluding hydrogens is 690 g/mol. The number of Topliss-reactive ketones (excluding diaryl/α,β-unsaturated/α-hetero) is 1. The van der Waals surface area contributed by atoms with Crippen molar-refractivity contribution in [1.82, 2.24) is 9.57 Å². The zero-order valence-electron chi connectivity index (χ0n) is 23.3. The van der Waals surface area contributed by atoms with E-state index < -0.39 is 26.0 Å². The van der Waals surface area contributed by atoms with Gasteiger partial charge >= 0.3 is 5.97 Å². The predicted molar refractivity (Wildman–Crippen MR) is 199 cm³/mol. The molecule has 226 valence electrons. The van der Waals surface area contributed by atoms with E-state index in [-0.39, 0.29) is 49.3 Å². The van der Waals surface area contributed by atoms with Gasteiger partial charge in [0.05, 0.1) is 11.5 Å². The Kier molecular flexibility index (Phi) is 15.9. The molecule has 0 aromatic rings. The van der Waals surface area contributed by atoms with Crippen molar-refractivity contribution in [3.63, 3.8) is 0 Å². The number of carbonyl (C=O) groups excluding carboxylic acids is 3. The fourth-order valence-electron chi connectivity index (χ4n) is 6.12. The van der Waals surface area contributed by atoms with Crippen LogP contribution in [0.15, 0.2) is 25.3 Å². The van der Waals surface area contributed by atoms with Crippen molar-refractivity contribution in [3.8, 4) is 0 Å². The average Bonchev–Trinajstić information content (AvgIpc) is 3.30. The van der Waals surface area contributed by atoms with Crippen LogP contribution in [0.25, 0.3) is 0 Å². The Morgan fingerprint density at radius 1 is 1.10 bits per heavy atom. The van der Waals surface area contributed by atoms with Crippen molar-refractivity contribution in [2.45, 2.75) is 57.9 Å². The minimum absolute atomic E-state index is 0.0280. The molecule has 2 aliphatic heterocycles. The van der Waals surface area contributed by atoms with Gasteiger partial charge in [0, 0.05) is 52.3 Å². The van der Waals surface area contributed by atoms with E-state index in [1.54, 1.807) is 6.08 Å². The van der Waals surface area contributed by atoms with Gasteiger partial charge in [0.2, 0.25) is 5.91 Å². The summed E-state index contributed by atoms with van der Waals surface area (Å²) < 4.78 is 8.53. The Hall–Kier alpha value is 2.35. The lowest BCUT2D eigenvalue weighted by Crippen LogP contribution is -2.47. The zero-order valence-corrected chi connectivity index (χ0v) is 33.7. The van der Waals surface area contributed by atoms with Gasteiger partial charge in [-0.05, 0) is 45.5 Å². The third kappa shape index (κ3) is 8.99. The van der Waals surface area contributed by atoms with E-state index >= 15 is 0 Å². The molecule has 0 aromatic heterocycles. The minimum atomic E-state index is -0.895. The number of likely N-dealkylation sites (tertiary alicyclic amines) is 1. The van der Waals surface area contributed by atoms with Gasteiger partial charge in [-0.25, -0.2) is 0 Å². The first-order chi connectivity index (χ1) is 19.0. The van der Waals surface area contributed by atoms with Gasteiger partial charge in [-0.3, -0.25) is 19.1 Å². The summed E-state index contributed by atoms with van der Waals surface area (Å²) in [7, 11) is 14.1. The van der Waals surface area contributed by atoms with Crippen LogP contribution in [0.1, 0.15) is 51.9 Å². The van der Waals surface area contributed by atoms with Crippen molar-refractivity contribution in [3.05, 3.63) is 25.3 Å². The molecule has 3 aliphatic rings. The topological polar surface area (TPSA) is 66.9 Å². The highest BCUT2D eigenvalue weighted by molar-refractivity contribution is 8.86. The van der Waals surface area contributed by atoms with Crippen LogP contribution >= 0.6 is 82.5 Å². The van der Waals surface area contributed by atoms with E-state index in [1.165, 1.54) is 0 Å². The molecule has 0 bridgehead atoms. The first-order valence-corrected chi connectivity index (χ1v) is 30.4.